The summed E-state index contributed by atoms with van der Waals surface area (Å²) in [4.78, 5) is 0. The smallest absolute Gasteiger partial charge is 0.137 e. The molecule has 0 aliphatic rings. The molecule has 0 aliphatic heterocycles. The molecule has 0 unspecified atom stereocenters. The van der Waals surface area contributed by atoms with Crippen LogP contribution in [0.1, 0.15) is 24.5 Å². The Morgan fingerprint density at radius 2 is 1.78 bits per heavy atom. The van der Waals surface area contributed by atoms with Gasteiger partial charge in [0.2, 0.25) is 0 Å². The van der Waals surface area contributed by atoms with Crippen LogP contribution in [0.3, 0.4) is 0 Å². The predicted octanol–water partition coefficient (Wildman–Crippen LogP) is 4.47. The maximum atomic E-state index is 6.24. The molecule has 3 nitrogen and oxygen atoms in total. The normalized spacial score (nSPS) is 10.6. The van der Waals surface area contributed by atoms with E-state index in [0.717, 1.165) is 43.0 Å². The Bertz CT molecular complexity index is 599. The molecular weight excluding hydrogens is 310 g/mol. The van der Waals surface area contributed by atoms with Gasteiger partial charge in [-0.2, -0.15) is 0 Å². The SMILES string of the molecule is CCCOc1ccc(CNCCc2ccc(OC)cc2)cc1Cl. The third kappa shape index (κ3) is 5.77. The molecule has 2 rings (SSSR count). The average molecular weight is 334 g/mol. The summed E-state index contributed by atoms with van der Waals surface area (Å²) in [7, 11) is 1.68. The summed E-state index contributed by atoms with van der Waals surface area (Å²) >= 11 is 6.24. The maximum absolute atomic E-state index is 6.24. The van der Waals surface area contributed by atoms with Gasteiger partial charge in [-0.15, -0.1) is 0 Å². The van der Waals surface area contributed by atoms with Crippen molar-refractivity contribution < 1.29 is 9.47 Å². The van der Waals surface area contributed by atoms with Crippen LogP contribution in [-0.4, -0.2) is 20.3 Å². The highest BCUT2D eigenvalue weighted by atomic mass is 35.5. The van der Waals surface area contributed by atoms with Gasteiger partial charge in [0.1, 0.15) is 11.5 Å². The van der Waals surface area contributed by atoms with Crippen LogP contribution in [0, 0.1) is 0 Å². The lowest BCUT2D eigenvalue weighted by atomic mass is 10.1. The topological polar surface area (TPSA) is 30.5 Å². The van der Waals surface area contributed by atoms with Crippen LogP contribution in [0.2, 0.25) is 5.02 Å². The molecule has 23 heavy (non-hydrogen) atoms. The zero-order chi connectivity index (χ0) is 16.5. The lowest BCUT2D eigenvalue weighted by molar-refractivity contribution is 0.317. The summed E-state index contributed by atoms with van der Waals surface area (Å²) < 4.78 is 10.7. The first-order valence-corrected chi connectivity index (χ1v) is 8.35. The molecule has 124 valence electrons. The van der Waals surface area contributed by atoms with Crippen LogP contribution in [-0.2, 0) is 13.0 Å². The van der Waals surface area contributed by atoms with E-state index < -0.39 is 0 Å². The van der Waals surface area contributed by atoms with Crippen LogP contribution in [0.5, 0.6) is 11.5 Å². The Morgan fingerprint density at radius 3 is 2.43 bits per heavy atom. The minimum Gasteiger partial charge on any atom is -0.497 e. The number of hydrogen-bond donors (Lipinski definition) is 1. The summed E-state index contributed by atoms with van der Waals surface area (Å²) in [6, 6.07) is 14.1. The van der Waals surface area contributed by atoms with E-state index in [1.807, 2.05) is 24.3 Å². The van der Waals surface area contributed by atoms with Gasteiger partial charge in [0.15, 0.2) is 0 Å². The quantitative estimate of drug-likeness (QED) is 0.687. The molecule has 0 bridgehead atoms. The number of ether oxygens (including phenoxy) is 2. The third-order valence-corrected chi connectivity index (χ3v) is 3.83. The fraction of sp³-hybridized carbons (Fsp3) is 0.368. The van der Waals surface area contributed by atoms with Crippen molar-refractivity contribution in [2.24, 2.45) is 0 Å². The summed E-state index contributed by atoms with van der Waals surface area (Å²) in [6.07, 6.45) is 1.96. The van der Waals surface area contributed by atoms with Gasteiger partial charge in [0, 0.05) is 6.54 Å². The molecule has 2 aromatic carbocycles. The first kappa shape index (κ1) is 17.6. The lowest BCUT2D eigenvalue weighted by Crippen LogP contribution is -2.16. The molecular formula is C19H24ClNO2. The first-order chi connectivity index (χ1) is 11.2. The van der Waals surface area contributed by atoms with Crippen LogP contribution in [0.25, 0.3) is 0 Å². The van der Waals surface area contributed by atoms with Crippen molar-refractivity contribution >= 4 is 11.6 Å². The number of halogens is 1. The van der Waals surface area contributed by atoms with Gasteiger partial charge >= 0.3 is 0 Å². The number of rotatable bonds is 9. The van der Waals surface area contributed by atoms with E-state index in [-0.39, 0.29) is 0 Å². The molecule has 0 amide bonds. The van der Waals surface area contributed by atoms with Crippen molar-refractivity contribution in [2.45, 2.75) is 26.3 Å². The second-order valence-corrected chi connectivity index (χ2v) is 5.80. The Labute approximate surface area is 143 Å². The fourth-order valence-corrected chi connectivity index (χ4v) is 2.50. The summed E-state index contributed by atoms with van der Waals surface area (Å²) in [5.41, 5.74) is 2.45. The number of benzene rings is 2. The molecule has 0 aliphatic carbocycles. The van der Waals surface area contributed by atoms with Crippen molar-refractivity contribution in [2.75, 3.05) is 20.3 Å². The van der Waals surface area contributed by atoms with Gasteiger partial charge in [-0.1, -0.05) is 36.7 Å². The van der Waals surface area contributed by atoms with E-state index in [1.165, 1.54) is 5.56 Å². The Hall–Kier alpha value is -1.71. The minimum atomic E-state index is 0.674. The molecule has 0 aromatic heterocycles. The Morgan fingerprint density at radius 1 is 1.04 bits per heavy atom. The van der Waals surface area contributed by atoms with Gasteiger partial charge in [-0.05, 0) is 54.8 Å². The van der Waals surface area contributed by atoms with E-state index in [0.29, 0.717) is 11.6 Å². The summed E-state index contributed by atoms with van der Waals surface area (Å²) in [5.74, 6) is 1.65. The summed E-state index contributed by atoms with van der Waals surface area (Å²) in [6.45, 7) is 4.48. The molecule has 4 heteroatoms. The predicted molar refractivity (Wildman–Crippen MR) is 95.6 cm³/mol. The van der Waals surface area contributed by atoms with Gasteiger partial charge < -0.3 is 14.8 Å². The van der Waals surface area contributed by atoms with Crippen molar-refractivity contribution in [1.82, 2.24) is 5.32 Å². The second kappa shape index (κ2) is 9.43. The van der Waals surface area contributed by atoms with Crippen molar-refractivity contribution in [3.05, 3.63) is 58.6 Å². The molecule has 0 radical (unpaired) electrons. The molecule has 0 fully saturated rings. The van der Waals surface area contributed by atoms with Gasteiger partial charge in [0.25, 0.3) is 0 Å². The van der Waals surface area contributed by atoms with Crippen LogP contribution in [0.4, 0.5) is 0 Å². The number of methoxy groups -OCH3 is 1. The highest BCUT2D eigenvalue weighted by molar-refractivity contribution is 6.32. The van der Waals surface area contributed by atoms with E-state index >= 15 is 0 Å². The monoisotopic (exact) mass is 333 g/mol. The van der Waals surface area contributed by atoms with Crippen molar-refractivity contribution in [3.8, 4) is 11.5 Å². The Balaban J connectivity index is 1.76. The molecule has 0 spiro atoms. The molecule has 0 saturated carbocycles. The minimum absolute atomic E-state index is 0.674. The van der Waals surface area contributed by atoms with E-state index in [2.05, 4.69) is 30.4 Å². The largest absolute Gasteiger partial charge is 0.497 e. The highest BCUT2D eigenvalue weighted by Crippen LogP contribution is 2.25. The molecule has 0 saturated heterocycles. The fourth-order valence-electron chi connectivity index (χ4n) is 2.24. The van der Waals surface area contributed by atoms with Gasteiger partial charge in [-0.25, -0.2) is 0 Å². The first-order valence-electron chi connectivity index (χ1n) is 7.97. The summed E-state index contributed by atoms with van der Waals surface area (Å²) in [5, 5.41) is 4.11. The van der Waals surface area contributed by atoms with Crippen LogP contribution < -0.4 is 14.8 Å². The zero-order valence-corrected chi connectivity index (χ0v) is 14.5. The molecule has 1 N–H and O–H groups in total. The third-order valence-electron chi connectivity index (χ3n) is 3.54. The standard InChI is InChI=1S/C19H24ClNO2/c1-3-12-23-19-9-6-16(13-18(19)20)14-21-11-10-15-4-7-17(22-2)8-5-15/h4-9,13,21H,3,10-12,14H2,1-2H3. The average Bonchev–Trinajstić information content (AvgIpc) is 2.58. The number of hydrogen-bond acceptors (Lipinski definition) is 3. The highest BCUT2D eigenvalue weighted by Gasteiger charge is 2.03. The van der Waals surface area contributed by atoms with Gasteiger partial charge in [-0.3, -0.25) is 0 Å². The second-order valence-electron chi connectivity index (χ2n) is 5.39. The van der Waals surface area contributed by atoms with Crippen LogP contribution in [0.15, 0.2) is 42.5 Å². The zero-order valence-electron chi connectivity index (χ0n) is 13.8. The van der Waals surface area contributed by atoms with E-state index in [1.54, 1.807) is 7.11 Å². The number of nitrogens with one attached hydrogen (secondary N) is 1. The van der Waals surface area contributed by atoms with Crippen LogP contribution >= 0.6 is 11.6 Å². The molecule has 0 atom stereocenters. The van der Waals surface area contributed by atoms with E-state index in [9.17, 15) is 0 Å². The maximum Gasteiger partial charge on any atom is 0.137 e. The lowest BCUT2D eigenvalue weighted by Gasteiger charge is -2.10. The Kier molecular flexibility index (Phi) is 7.24. The van der Waals surface area contributed by atoms with E-state index in [4.69, 9.17) is 21.1 Å². The van der Waals surface area contributed by atoms with Crippen molar-refractivity contribution in [3.63, 3.8) is 0 Å². The van der Waals surface area contributed by atoms with Gasteiger partial charge in [0.05, 0.1) is 18.7 Å². The molecule has 2 aromatic rings. The van der Waals surface area contributed by atoms with Crippen molar-refractivity contribution in [1.29, 1.82) is 0 Å². The molecule has 0 heterocycles.